The Balaban J connectivity index is 4.84. The number of rotatable bonds is 19. The fourth-order valence-corrected chi connectivity index (χ4v) is 3.43. The van der Waals surface area contributed by atoms with Gasteiger partial charge in [-0.05, 0) is 12.8 Å². The molecule has 0 amide bonds. The highest BCUT2D eigenvalue weighted by Crippen LogP contribution is 2.20. The highest BCUT2D eigenvalue weighted by molar-refractivity contribution is 5.50. The Morgan fingerprint density at radius 1 is 0.710 bits per heavy atom. The lowest BCUT2D eigenvalue weighted by Crippen LogP contribution is -2.45. The monoisotopic (exact) mass is 450 g/mol. The van der Waals surface area contributed by atoms with Crippen LogP contribution in [0.4, 0.5) is 0 Å². The summed E-state index contributed by atoms with van der Waals surface area (Å²) in [6.45, 7) is 1.43. The fraction of sp³-hybridized carbons (Fsp3) is 0.944. The Morgan fingerprint density at radius 3 is 1.65 bits per heavy atom. The average Bonchev–Trinajstić information content (AvgIpc) is 2.67. The van der Waals surface area contributed by atoms with E-state index in [-0.39, 0.29) is 12.8 Å². The number of aliphatic hydroxyl groups is 3. The van der Waals surface area contributed by atoms with Crippen LogP contribution in [0.2, 0.25) is 0 Å². The Labute approximate surface area is 179 Å². The first kappa shape index (κ1) is 28.8. The van der Waals surface area contributed by atoms with Gasteiger partial charge in [-0.25, -0.2) is 0 Å². The summed E-state index contributed by atoms with van der Waals surface area (Å²) >= 11 is 0. The van der Waals surface area contributed by atoms with Crippen molar-refractivity contribution < 1.29 is 34.9 Å². The molecule has 0 aliphatic rings. The molecule has 0 fully saturated rings. The van der Waals surface area contributed by atoms with Gasteiger partial charge in [0.1, 0.15) is 18.3 Å². The van der Waals surface area contributed by atoms with Crippen molar-refractivity contribution >= 4 is 6.29 Å². The molecule has 13 nitrogen and oxygen atoms in total. The van der Waals surface area contributed by atoms with E-state index in [1.54, 1.807) is 6.29 Å². The Morgan fingerprint density at radius 2 is 1.16 bits per heavy atom. The van der Waals surface area contributed by atoms with Crippen LogP contribution in [-0.4, -0.2) is 72.8 Å². The zero-order valence-corrected chi connectivity index (χ0v) is 17.6. The molecule has 0 saturated carbocycles. The zero-order valence-electron chi connectivity index (χ0n) is 17.6. The van der Waals surface area contributed by atoms with Crippen LogP contribution in [0.3, 0.4) is 0 Å². The van der Waals surface area contributed by atoms with Gasteiger partial charge >= 0.3 is 0 Å². The van der Waals surface area contributed by atoms with E-state index in [0.29, 0.717) is 25.7 Å². The number of aliphatic hydroxyl groups excluding tert-OH is 3. The van der Waals surface area contributed by atoms with Crippen molar-refractivity contribution in [2.45, 2.75) is 108 Å². The molecule has 6 atom stereocenters. The minimum atomic E-state index is -1.83. The third kappa shape index (κ3) is 11.1. The molecule has 0 aromatic rings. The van der Waals surface area contributed by atoms with Gasteiger partial charge in [0, 0.05) is 40.5 Å². The highest BCUT2D eigenvalue weighted by Gasteiger charge is 2.41. The van der Waals surface area contributed by atoms with E-state index in [9.17, 15) is 50.5 Å². The van der Waals surface area contributed by atoms with E-state index in [1.165, 1.54) is 6.92 Å². The van der Waals surface area contributed by atoms with E-state index in [4.69, 9.17) is 0 Å². The summed E-state index contributed by atoms with van der Waals surface area (Å²) in [4.78, 5) is 41.2. The maximum Gasteiger partial charge on any atom is 0.241 e. The molecule has 6 unspecified atom stereocenters. The van der Waals surface area contributed by atoms with Crippen molar-refractivity contribution in [3.05, 3.63) is 30.3 Å². The topological polar surface area (TPSA) is 207 Å². The summed E-state index contributed by atoms with van der Waals surface area (Å²) in [5.41, 5.74) is 0. The normalized spacial score (nSPS) is 17.2. The van der Waals surface area contributed by atoms with E-state index >= 15 is 0 Å². The molecule has 0 heterocycles. The largest absolute Gasteiger partial charge is 0.386 e. The summed E-state index contributed by atoms with van der Waals surface area (Å²) < 4.78 is 0. The van der Waals surface area contributed by atoms with Crippen molar-refractivity contribution in [1.82, 2.24) is 0 Å². The summed E-state index contributed by atoms with van der Waals surface area (Å²) in [6, 6.07) is -4.70. The Bertz CT molecular complexity index is 577. The molecule has 0 spiro atoms. The molecule has 3 N–H and O–H groups in total. The third-order valence-electron chi connectivity index (χ3n) is 5.31. The van der Waals surface area contributed by atoms with Crippen LogP contribution in [0, 0.1) is 30.3 Å². The molecule has 179 valence electrons. The first-order valence-corrected chi connectivity index (χ1v) is 10.4. The second kappa shape index (κ2) is 15.5. The van der Waals surface area contributed by atoms with Gasteiger partial charge in [-0.1, -0.05) is 26.2 Å². The first-order valence-electron chi connectivity index (χ1n) is 10.4. The molecule has 0 bridgehead atoms. The van der Waals surface area contributed by atoms with Gasteiger partial charge in [-0.15, -0.1) is 0 Å². The van der Waals surface area contributed by atoms with E-state index in [0.717, 1.165) is 12.8 Å². The lowest BCUT2D eigenvalue weighted by Gasteiger charge is -2.23. The molecule has 0 aliphatic carbocycles. The first-order chi connectivity index (χ1) is 14.6. The van der Waals surface area contributed by atoms with Crippen LogP contribution >= 0.6 is 0 Å². The second-order valence-corrected chi connectivity index (χ2v) is 7.59. The van der Waals surface area contributed by atoms with Crippen LogP contribution in [0.5, 0.6) is 0 Å². The molecule has 31 heavy (non-hydrogen) atoms. The minimum Gasteiger partial charge on any atom is -0.386 e. The minimum absolute atomic E-state index is 0.00564. The quantitative estimate of drug-likeness (QED) is 0.145. The van der Waals surface area contributed by atoms with E-state index in [2.05, 4.69) is 0 Å². The maximum atomic E-state index is 11.3. The van der Waals surface area contributed by atoms with Crippen LogP contribution < -0.4 is 0 Å². The Kier molecular flexibility index (Phi) is 14.4. The second-order valence-electron chi connectivity index (χ2n) is 7.59. The van der Waals surface area contributed by atoms with E-state index < -0.39 is 64.0 Å². The van der Waals surface area contributed by atoms with Gasteiger partial charge in [0.05, 0.1) is 6.42 Å². The number of nitrogens with zero attached hydrogens (tertiary/aromatic N) is 3. The molecular weight excluding hydrogens is 418 g/mol. The summed E-state index contributed by atoms with van der Waals surface area (Å²) in [5.74, 6) is 0. The van der Waals surface area contributed by atoms with Gasteiger partial charge in [-0.3, -0.25) is 35.1 Å². The summed E-state index contributed by atoms with van der Waals surface area (Å²) in [7, 11) is 0. The van der Waals surface area contributed by atoms with Gasteiger partial charge < -0.3 is 15.3 Å². The van der Waals surface area contributed by atoms with Gasteiger partial charge in [0.25, 0.3) is 0 Å². The molecule has 0 saturated heterocycles. The van der Waals surface area contributed by atoms with Crippen molar-refractivity contribution in [3.8, 4) is 0 Å². The lowest BCUT2D eigenvalue weighted by atomic mass is 9.92. The van der Waals surface area contributed by atoms with Crippen LogP contribution in [-0.2, 0) is 4.79 Å². The maximum absolute atomic E-state index is 11.3. The van der Waals surface area contributed by atoms with Crippen molar-refractivity contribution in [3.63, 3.8) is 0 Å². The number of hydrogen-bond donors (Lipinski definition) is 3. The third-order valence-corrected chi connectivity index (χ3v) is 5.31. The number of nitro groups is 3. The molecule has 0 aromatic heterocycles. The smallest absolute Gasteiger partial charge is 0.241 e. The Hall–Kier alpha value is -2.25. The van der Waals surface area contributed by atoms with Crippen LogP contribution in [0.25, 0.3) is 0 Å². The molecule has 0 aliphatic heterocycles. The standard InChI is InChI=1S/C18H32N3O10/c1-2-13(19(26)27)16(23)11-15(21(30)31)18(25)12-17(24)14(20(28)29)9-7-5-3-4-6-8-10-22/h13-18,23-25H,2-9,11-12H2,1H3. The van der Waals surface area contributed by atoms with Crippen molar-refractivity contribution in [2.24, 2.45) is 0 Å². The molecule has 0 aromatic carbocycles. The summed E-state index contributed by atoms with van der Waals surface area (Å²) in [5, 5.41) is 63.8. The van der Waals surface area contributed by atoms with Crippen LogP contribution in [0.15, 0.2) is 0 Å². The van der Waals surface area contributed by atoms with Crippen LogP contribution in [0.1, 0.15) is 71.1 Å². The highest BCUT2D eigenvalue weighted by atomic mass is 16.6. The SMILES string of the molecule is CCC(C(O)CC(C(O)CC(O)C(CCCCCCC[C]=O)[N+](=O)[O-])[N+](=O)[O-])[N+](=O)[O-]. The molecule has 0 rings (SSSR count). The summed E-state index contributed by atoms with van der Waals surface area (Å²) in [6.07, 6.45) is -1.27. The van der Waals surface area contributed by atoms with Gasteiger partial charge in [-0.2, -0.15) is 0 Å². The molecule has 1 radical (unpaired) electrons. The number of unbranched alkanes of at least 4 members (excludes halogenated alkanes) is 5. The molecule has 13 heteroatoms. The average molecular weight is 450 g/mol. The number of carbonyl (C=O) groups excluding carboxylic acids is 1. The lowest BCUT2D eigenvalue weighted by molar-refractivity contribution is -0.556. The van der Waals surface area contributed by atoms with Gasteiger partial charge in [0.15, 0.2) is 6.29 Å². The number of hydrogen-bond acceptors (Lipinski definition) is 10. The predicted octanol–water partition coefficient (Wildman–Crippen LogP) is 1.04. The fourth-order valence-electron chi connectivity index (χ4n) is 3.43. The van der Waals surface area contributed by atoms with Crippen molar-refractivity contribution in [1.29, 1.82) is 0 Å². The van der Waals surface area contributed by atoms with Crippen molar-refractivity contribution in [2.75, 3.05) is 0 Å². The predicted molar refractivity (Wildman–Crippen MR) is 108 cm³/mol. The zero-order chi connectivity index (χ0) is 24.0. The van der Waals surface area contributed by atoms with Gasteiger partial charge in [0.2, 0.25) is 18.1 Å². The molecular formula is C18H32N3O10. The van der Waals surface area contributed by atoms with E-state index in [1.807, 2.05) is 0 Å².